The Bertz CT molecular complexity index is 587. The number of aryl methyl sites for hydroxylation is 1. The maximum absolute atomic E-state index is 6.15. The number of H-pyrrole nitrogens is 1. The molecule has 18 heavy (non-hydrogen) atoms. The fourth-order valence-corrected chi connectivity index (χ4v) is 2.66. The molecule has 0 bridgehead atoms. The molecule has 0 unspecified atom stereocenters. The first-order chi connectivity index (χ1) is 8.40. The van der Waals surface area contributed by atoms with Crippen molar-refractivity contribution < 1.29 is 4.74 Å². The Morgan fingerprint density at radius 3 is 2.56 bits per heavy atom. The van der Waals surface area contributed by atoms with Gasteiger partial charge in [-0.15, -0.1) is 0 Å². The number of benzene rings is 1. The monoisotopic (exact) mass is 266 g/mol. The second-order valence-electron chi connectivity index (χ2n) is 5.03. The molecule has 0 aliphatic carbocycles. The molecule has 0 fully saturated rings. The first-order valence-electron chi connectivity index (χ1n) is 5.96. The van der Waals surface area contributed by atoms with Crippen LogP contribution >= 0.6 is 11.6 Å². The lowest BCUT2D eigenvalue weighted by Crippen LogP contribution is -2.33. The van der Waals surface area contributed by atoms with E-state index in [-0.39, 0.29) is 5.54 Å². The number of ether oxygens (including phenoxy) is 1. The standard InChI is InChI=1S/C14H19ClN2O/c1-8-13(14(2,3)16-4)9-6-12(18-5)10(15)7-11(9)17-8/h6-7,16-17H,1-5H3. The zero-order valence-electron chi connectivity index (χ0n) is 11.4. The molecule has 1 aromatic carbocycles. The summed E-state index contributed by atoms with van der Waals surface area (Å²) in [6.45, 7) is 6.39. The molecule has 0 radical (unpaired) electrons. The van der Waals surface area contributed by atoms with E-state index in [0.717, 1.165) is 16.6 Å². The Hall–Kier alpha value is -1.19. The highest BCUT2D eigenvalue weighted by atomic mass is 35.5. The van der Waals surface area contributed by atoms with E-state index >= 15 is 0 Å². The summed E-state index contributed by atoms with van der Waals surface area (Å²) in [5, 5.41) is 5.11. The summed E-state index contributed by atoms with van der Waals surface area (Å²) < 4.78 is 5.30. The molecule has 1 heterocycles. The lowest BCUT2D eigenvalue weighted by Gasteiger charge is -2.25. The number of hydrogen-bond donors (Lipinski definition) is 2. The number of nitrogens with one attached hydrogen (secondary N) is 2. The van der Waals surface area contributed by atoms with E-state index in [1.807, 2.05) is 19.2 Å². The molecular weight excluding hydrogens is 248 g/mol. The second kappa shape index (κ2) is 4.48. The van der Waals surface area contributed by atoms with E-state index in [0.29, 0.717) is 10.8 Å². The zero-order valence-corrected chi connectivity index (χ0v) is 12.2. The lowest BCUT2D eigenvalue weighted by molar-refractivity contribution is 0.415. The van der Waals surface area contributed by atoms with Gasteiger partial charge in [-0.25, -0.2) is 0 Å². The van der Waals surface area contributed by atoms with E-state index in [2.05, 4.69) is 31.1 Å². The first-order valence-corrected chi connectivity index (χ1v) is 6.33. The van der Waals surface area contributed by atoms with Gasteiger partial charge in [0.05, 0.1) is 12.1 Å². The van der Waals surface area contributed by atoms with Gasteiger partial charge in [0.25, 0.3) is 0 Å². The van der Waals surface area contributed by atoms with Crippen molar-refractivity contribution in [1.82, 2.24) is 10.3 Å². The Kier molecular flexibility index (Phi) is 3.30. The van der Waals surface area contributed by atoms with Crippen LogP contribution in [-0.2, 0) is 5.54 Å². The van der Waals surface area contributed by atoms with Crippen LogP contribution in [0.5, 0.6) is 5.75 Å². The lowest BCUT2D eigenvalue weighted by atomic mass is 9.92. The Morgan fingerprint density at radius 2 is 2.00 bits per heavy atom. The van der Waals surface area contributed by atoms with Crippen LogP contribution in [0.2, 0.25) is 5.02 Å². The predicted molar refractivity (Wildman–Crippen MR) is 76.7 cm³/mol. The van der Waals surface area contributed by atoms with Gasteiger partial charge in [-0.3, -0.25) is 0 Å². The fraction of sp³-hybridized carbons (Fsp3) is 0.429. The van der Waals surface area contributed by atoms with E-state index in [9.17, 15) is 0 Å². The van der Waals surface area contributed by atoms with Crippen molar-refractivity contribution in [3.63, 3.8) is 0 Å². The molecule has 3 nitrogen and oxygen atoms in total. The smallest absolute Gasteiger partial charge is 0.138 e. The van der Waals surface area contributed by atoms with Crippen LogP contribution in [0.1, 0.15) is 25.1 Å². The van der Waals surface area contributed by atoms with Crippen LogP contribution in [0.3, 0.4) is 0 Å². The van der Waals surface area contributed by atoms with E-state index in [4.69, 9.17) is 16.3 Å². The molecule has 0 saturated heterocycles. The van der Waals surface area contributed by atoms with E-state index < -0.39 is 0 Å². The molecule has 4 heteroatoms. The van der Waals surface area contributed by atoms with E-state index in [1.165, 1.54) is 5.56 Å². The van der Waals surface area contributed by atoms with Gasteiger partial charge in [-0.05, 0) is 45.5 Å². The van der Waals surface area contributed by atoms with Crippen LogP contribution in [0.4, 0.5) is 0 Å². The van der Waals surface area contributed by atoms with Crippen molar-refractivity contribution in [3.05, 3.63) is 28.4 Å². The van der Waals surface area contributed by atoms with Crippen molar-refractivity contribution in [2.24, 2.45) is 0 Å². The molecule has 0 atom stereocenters. The second-order valence-corrected chi connectivity index (χ2v) is 5.44. The molecule has 2 N–H and O–H groups in total. The van der Waals surface area contributed by atoms with Gasteiger partial charge < -0.3 is 15.0 Å². The van der Waals surface area contributed by atoms with Crippen molar-refractivity contribution in [2.45, 2.75) is 26.3 Å². The third-order valence-electron chi connectivity index (χ3n) is 3.51. The molecule has 1 aromatic heterocycles. The molecule has 98 valence electrons. The average molecular weight is 267 g/mol. The minimum atomic E-state index is -0.110. The molecule has 0 aliphatic heterocycles. The van der Waals surface area contributed by atoms with Crippen LogP contribution in [0.15, 0.2) is 12.1 Å². The summed E-state index contributed by atoms with van der Waals surface area (Å²) >= 11 is 6.15. The summed E-state index contributed by atoms with van der Waals surface area (Å²) in [6.07, 6.45) is 0. The zero-order chi connectivity index (χ0) is 13.5. The summed E-state index contributed by atoms with van der Waals surface area (Å²) in [7, 11) is 3.60. The number of hydrogen-bond acceptors (Lipinski definition) is 2. The largest absolute Gasteiger partial charge is 0.495 e. The predicted octanol–water partition coefficient (Wildman–Crippen LogP) is 3.59. The number of rotatable bonds is 3. The number of methoxy groups -OCH3 is 1. The molecule has 2 rings (SSSR count). The molecule has 0 spiro atoms. The van der Waals surface area contributed by atoms with Crippen LogP contribution in [0, 0.1) is 6.92 Å². The fourth-order valence-electron chi connectivity index (χ4n) is 2.42. The Labute approximate surface area is 112 Å². The van der Waals surface area contributed by atoms with Crippen molar-refractivity contribution in [1.29, 1.82) is 0 Å². The number of aromatic nitrogens is 1. The molecule has 0 saturated carbocycles. The van der Waals surface area contributed by atoms with Crippen molar-refractivity contribution in [3.8, 4) is 5.75 Å². The number of halogens is 1. The van der Waals surface area contributed by atoms with Gasteiger partial charge in [0.2, 0.25) is 0 Å². The first kappa shape index (κ1) is 13.2. The van der Waals surface area contributed by atoms with Gasteiger partial charge in [0, 0.05) is 22.1 Å². The SMILES string of the molecule is CNC(C)(C)c1c(C)[nH]c2cc(Cl)c(OC)cc12. The van der Waals surface area contributed by atoms with Gasteiger partial charge >= 0.3 is 0 Å². The molecular formula is C14H19ClN2O. The highest BCUT2D eigenvalue weighted by molar-refractivity contribution is 6.32. The summed E-state index contributed by atoms with van der Waals surface area (Å²) in [4.78, 5) is 3.38. The highest BCUT2D eigenvalue weighted by Crippen LogP contribution is 2.36. The molecule has 0 amide bonds. The van der Waals surface area contributed by atoms with Gasteiger partial charge in [0.15, 0.2) is 0 Å². The minimum absolute atomic E-state index is 0.110. The Morgan fingerprint density at radius 1 is 1.33 bits per heavy atom. The van der Waals surface area contributed by atoms with Gasteiger partial charge in [-0.2, -0.15) is 0 Å². The molecule has 0 aliphatic rings. The normalized spacial score (nSPS) is 12.1. The van der Waals surface area contributed by atoms with Crippen LogP contribution in [0.25, 0.3) is 10.9 Å². The highest BCUT2D eigenvalue weighted by Gasteiger charge is 2.25. The van der Waals surface area contributed by atoms with E-state index in [1.54, 1.807) is 7.11 Å². The Balaban J connectivity index is 2.78. The summed E-state index contributed by atoms with van der Waals surface area (Å²) in [5.41, 5.74) is 3.32. The van der Waals surface area contributed by atoms with Crippen molar-refractivity contribution in [2.75, 3.05) is 14.2 Å². The van der Waals surface area contributed by atoms with Crippen molar-refractivity contribution >= 4 is 22.5 Å². The third kappa shape index (κ3) is 1.98. The summed E-state index contributed by atoms with van der Waals surface area (Å²) in [6, 6.07) is 3.91. The third-order valence-corrected chi connectivity index (χ3v) is 3.80. The van der Waals surface area contributed by atoms with Gasteiger partial charge in [0.1, 0.15) is 5.75 Å². The van der Waals surface area contributed by atoms with Crippen LogP contribution < -0.4 is 10.1 Å². The molecule has 2 aromatic rings. The number of aromatic amines is 1. The minimum Gasteiger partial charge on any atom is -0.495 e. The maximum Gasteiger partial charge on any atom is 0.138 e. The summed E-state index contributed by atoms with van der Waals surface area (Å²) in [5.74, 6) is 0.705. The van der Waals surface area contributed by atoms with Crippen LogP contribution in [-0.4, -0.2) is 19.1 Å². The maximum atomic E-state index is 6.15. The quantitative estimate of drug-likeness (QED) is 0.891. The average Bonchev–Trinajstić information content (AvgIpc) is 2.63. The topological polar surface area (TPSA) is 37.0 Å². The number of fused-ring (bicyclic) bond motifs is 1. The van der Waals surface area contributed by atoms with Gasteiger partial charge in [-0.1, -0.05) is 11.6 Å².